The van der Waals surface area contributed by atoms with Gasteiger partial charge in [0.15, 0.2) is 0 Å². The summed E-state index contributed by atoms with van der Waals surface area (Å²) in [6.45, 7) is 4.76. The Balaban J connectivity index is 0.946. The van der Waals surface area contributed by atoms with Crippen molar-refractivity contribution < 1.29 is 0 Å². The average Bonchev–Trinajstić information content (AvgIpc) is 3.74. The van der Waals surface area contributed by atoms with E-state index < -0.39 is 0 Å². The van der Waals surface area contributed by atoms with Crippen molar-refractivity contribution in [1.29, 1.82) is 0 Å². The first-order valence-electron chi connectivity index (χ1n) is 23.1. The molecule has 6 aliphatic rings. The standard InChI is InChI=1S/C61H51N/c1-60(2)55-19-11-9-17-50(55)52-28-27-49(38-58(52)60)62(59-30-24-45(41-13-5-3-6-14-41)36-53(59)43-15-7-4-8-16-43)48-25-21-42(22-26-48)44-23-29-57-54(37-44)51-18-10-12-20-56(51)61(57)46-32-39-31-40(34-46)35-47(61)33-39/h3-30,36-40,46-47H,31-35H2,1-2H3. The van der Waals surface area contributed by atoms with Gasteiger partial charge in [-0.15, -0.1) is 0 Å². The van der Waals surface area contributed by atoms with E-state index in [-0.39, 0.29) is 10.8 Å². The third-order valence-corrected chi connectivity index (χ3v) is 16.3. The van der Waals surface area contributed by atoms with Crippen molar-refractivity contribution in [2.45, 2.75) is 56.8 Å². The van der Waals surface area contributed by atoms with Gasteiger partial charge in [-0.2, -0.15) is 0 Å². The molecule has 0 aliphatic heterocycles. The maximum atomic E-state index is 2.55. The molecule has 0 unspecified atom stereocenters. The van der Waals surface area contributed by atoms with Crippen LogP contribution in [0.1, 0.15) is 68.2 Å². The summed E-state index contributed by atoms with van der Waals surface area (Å²) in [7, 11) is 0. The predicted octanol–water partition coefficient (Wildman–Crippen LogP) is 16.2. The van der Waals surface area contributed by atoms with Gasteiger partial charge < -0.3 is 4.90 Å². The van der Waals surface area contributed by atoms with Crippen molar-refractivity contribution in [3.63, 3.8) is 0 Å². The van der Waals surface area contributed by atoms with Crippen LogP contribution in [0.15, 0.2) is 188 Å². The minimum atomic E-state index is -0.113. The average molecular weight is 798 g/mol. The highest BCUT2D eigenvalue weighted by atomic mass is 15.1. The minimum Gasteiger partial charge on any atom is -0.310 e. The van der Waals surface area contributed by atoms with Crippen LogP contribution < -0.4 is 4.90 Å². The highest BCUT2D eigenvalue weighted by Gasteiger charge is 2.61. The molecule has 300 valence electrons. The number of fused-ring (bicyclic) bond motifs is 6. The van der Waals surface area contributed by atoms with Crippen LogP contribution in [-0.2, 0) is 10.8 Å². The molecule has 6 aliphatic carbocycles. The maximum absolute atomic E-state index is 2.55. The lowest BCUT2D eigenvalue weighted by molar-refractivity contribution is -0.0399. The molecule has 0 N–H and O–H groups in total. The Morgan fingerprint density at radius 1 is 0.355 bits per heavy atom. The van der Waals surface area contributed by atoms with Gasteiger partial charge in [0.05, 0.1) is 5.69 Å². The van der Waals surface area contributed by atoms with E-state index in [4.69, 9.17) is 0 Å². The SMILES string of the molecule is CC1(C)c2ccccc2-c2ccc(N(c3ccc(-c4ccc5c(c4)-c4ccccc4C54C5CC6CC(C5)CC4C6)cc3)c3ccc(-c4ccccc4)cc3-c3ccccc3)cc21. The molecule has 14 rings (SSSR count). The summed E-state index contributed by atoms with van der Waals surface area (Å²) in [5.41, 5.74) is 22.6. The number of benzene rings is 8. The highest BCUT2D eigenvalue weighted by Crippen LogP contribution is 2.69. The molecule has 0 amide bonds. The fraction of sp³-hybridized carbons (Fsp3) is 0.213. The molecule has 4 saturated carbocycles. The van der Waals surface area contributed by atoms with E-state index in [0.29, 0.717) is 0 Å². The molecular formula is C61H51N. The molecule has 0 heterocycles. The van der Waals surface area contributed by atoms with Gasteiger partial charge >= 0.3 is 0 Å². The van der Waals surface area contributed by atoms with Crippen molar-refractivity contribution in [1.82, 2.24) is 0 Å². The third-order valence-electron chi connectivity index (χ3n) is 16.3. The second-order valence-electron chi connectivity index (χ2n) is 19.7. The van der Waals surface area contributed by atoms with Crippen LogP contribution in [0, 0.1) is 23.7 Å². The lowest BCUT2D eigenvalue weighted by Gasteiger charge is -2.61. The highest BCUT2D eigenvalue weighted by molar-refractivity contribution is 5.93. The van der Waals surface area contributed by atoms with E-state index in [9.17, 15) is 0 Å². The molecule has 0 radical (unpaired) electrons. The van der Waals surface area contributed by atoms with Gasteiger partial charge in [-0.25, -0.2) is 0 Å². The van der Waals surface area contributed by atoms with Gasteiger partial charge in [0, 0.05) is 27.8 Å². The van der Waals surface area contributed by atoms with Gasteiger partial charge in [-0.1, -0.05) is 159 Å². The molecule has 4 fully saturated rings. The summed E-state index contributed by atoms with van der Waals surface area (Å²) in [6.07, 6.45) is 7.13. The smallest absolute Gasteiger partial charge is 0.0540 e. The molecule has 0 saturated heterocycles. The Kier molecular flexibility index (Phi) is 7.91. The zero-order chi connectivity index (χ0) is 41.2. The zero-order valence-electron chi connectivity index (χ0n) is 35.7. The van der Waals surface area contributed by atoms with Crippen molar-refractivity contribution in [2.24, 2.45) is 23.7 Å². The zero-order valence-corrected chi connectivity index (χ0v) is 35.7. The Labute approximate surface area is 366 Å². The lowest BCUT2D eigenvalue weighted by atomic mass is 9.43. The second-order valence-corrected chi connectivity index (χ2v) is 19.7. The van der Waals surface area contributed by atoms with Crippen molar-refractivity contribution >= 4 is 17.1 Å². The molecular weight excluding hydrogens is 747 g/mol. The number of rotatable bonds is 6. The van der Waals surface area contributed by atoms with E-state index in [0.717, 1.165) is 40.7 Å². The maximum Gasteiger partial charge on any atom is 0.0540 e. The quantitative estimate of drug-likeness (QED) is 0.162. The van der Waals surface area contributed by atoms with E-state index in [1.807, 2.05) is 0 Å². The number of anilines is 3. The normalized spacial score (nSPS) is 22.9. The summed E-state index contributed by atoms with van der Waals surface area (Å²) in [5.74, 6) is 3.45. The van der Waals surface area contributed by atoms with Crippen LogP contribution in [0.5, 0.6) is 0 Å². The summed E-state index contributed by atoms with van der Waals surface area (Å²) in [6, 6.07) is 71.3. The Hall–Kier alpha value is -6.44. The minimum absolute atomic E-state index is 0.113. The topological polar surface area (TPSA) is 3.24 Å². The largest absolute Gasteiger partial charge is 0.310 e. The fourth-order valence-corrected chi connectivity index (χ4v) is 13.8. The first-order chi connectivity index (χ1) is 30.4. The molecule has 62 heavy (non-hydrogen) atoms. The molecule has 4 bridgehead atoms. The molecule has 1 spiro atoms. The van der Waals surface area contributed by atoms with Crippen molar-refractivity contribution in [2.75, 3.05) is 4.90 Å². The van der Waals surface area contributed by atoms with E-state index >= 15 is 0 Å². The molecule has 8 aromatic carbocycles. The van der Waals surface area contributed by atoms with Crippen LogP contribution in [0.3, 0.4) is 0 Å². The van der Waals surface area contributed by atoms with E-state index in [1.54, 1.807) is 11.1 Å². The molecule has 0 aromatic heterocycles. The van der Waals surface area contributed by atoms with Crippen LogP contribution in [-0.4, -0.2) is 0 Å². The lowest BCUT2D eigenvalue weighted by Crippen LogP contribution is -2.55. The van der Waals surface area contributed by atoms with Crippen LogP contribution in [0.4, 0.5) is 17.1 Å². The summed E-state index contributed by atoms with van der Waals surface area (Å²) < 4.78 is 0. The van der Waals surface area contributed by atoms with Crippen LogP contribution >= 0.6 is 0 Å². The van der Waals surface area contributed by atoms with E-state index in [1.165, 1.54) is 98.9 Å². The summed E-state index contributed by atoms with van der Waals surface area (Å²) in [4.78, 5) is 2.50. The number of hydrogen-bond acceptors (Lipinski definition) is 1. The van der Waals surface area contributed by atoms with Crippen molar-refractivity contribution in [3.8, 4) is 55.6 Å². The van der Waals surface area contributed by atoms with Gasteiger partial charge in [-0.05, 0) is 171 Å². The number of nitrogens with zero attached hydrogens (tertiary/aromatic N) is 1. The van der Waals surface area contributed by atoms with Gasteiger partial charge in [0.1, 0.15) is 0 Å². The first kappa shape index (κ1) is 36.2. The van der Waals surface area contributed by atoms with Crippen molar-refractivity contribution in [3.05, 3.63) is 210 Å². The molecule has 8 aromatic rings. The van der Waals surface area contributed by atoms with E-state index in [2.05, 4.69) is 207 Å². The Bertz CT molecular complexity index is 3020. The summed E-state index contributed by atoms with van der Waals surface area (Å²) >= 11 is 0. The number of hydrogen-bond donors (Lipinski definition) is 0. The molecule has 0 atom stereocenters. The van der Waals surface area contributed by atoms with Gasteiger partial charge in [0.2, 0.25) is 0 Å². The molecule has 1 heteroatoms. The monoisotopic (exact) mass is 797 g/mol. The Morgan fingerprint density at radius 2 is 0.855 bits per heavy atom. The van der Waals surface area contributed by atoms with Crippen LogP contribution in [0.2, 0.25) is 0 Å². The van der Waals surface area contributed by atoms with Gasteiger partial charge in [0.25, 0.3) is 0 Å². The molecule has 1 nitrogen and oxygen atoms in total. The second kappa shape index (κ2) is 13.5. The first-order valence-corrected chi connectivity index (χ1v) is 23.1. The summed E-state index contributed by atoms with van der Waals surface area (Å²) in [5, 5.41) is 0. The predicted molar refractivity (Wildman–Crippen MR) is 258 cm³/mol. The third kappa shape index (κ3) is 5.21. The Morgan fingerprint density at radius 3 is 1.55 bits per heavy atom. The van der Waals surface area contributed by atoms with Gasteiger partial charge in [-0.3, -0.25) is 0 Å². The van der Waals surface area contributed by atoms with Crippen LogP contribution in [0.25, 0.3) is 55.6 Å². The fourth-order valence-electron chi connectivity index (χ4n) is 13.8.